The molecule has 0 aliphatic carbocycles. The van der Waals surface area contributed by atoms with Crippen molar-refractivity contribution < 1.29 is 9.53 Å². The van der Waals surface area contributed by atoms with E-state index in [2.05, 4.69) is 6.58 Å². The second-order valence-corrected chi connectivity index (χ2v) is 4.69. The van der Waals surface area contributed by atoms with E-state index in [0.29, 0.717) is 26.1 Å². The lowest BCUT2D eigenvalue weighted by atomic mass is 10.1. The molecule has 1 aromatic rings. The van der Waals surface area contributed by atoms with E-state index in [-0.39, 0.29) is 12.0 Å². The number of nitrogens with two attached hydrogens (primary N) is 1. The van der Waals surface area contributed by atoms with Crippen LogP contribution < -0.4 is 5.73 Å². The minimum atomic E-state index is -0.493. The Kier molecular flexibility index (Phi) is 4.71. The van der Waals surface area contributed by atoms with Gasteiger partial charge in [0.1, 0.15) is 6.10 Å². The SMILES string of the molecule is C=CCC(N)C(=O)N1CCOC(c2ccccc2)C1. The highest BCUT2D eigenvalue weighted by atomic mass is 16.5. The Morgan fingerprint density at radius 2 is 2.26 bits per heavy atom. The Bertz CT molecular complexity index is 433. The van der Waals surface area contributed by atoms with Gasteiger partial charge in [-0.15, -0.1) is 6.58 Å². The summed E-state index contributed by atoms with van der Waals surface area (Å²) in [4.78, 5) is 13.9. The molecule has 0 saturated carbocycles. The van der Waals surface area contributed by atoms with Crippen LogP contribution in [0.2, 0.25) is 0 Å². The largest absolute Gasteiger partial charge is 0.370 e. The van der Waals surface area contributed by atoms with Gasteiger partial charge in [-0.05, 0) is 12.0 Å². The van der Waals surface area contributed by atoms with E-state index >= 15 is 0 Å². The molecule has 2 N–H and O–H groups in total. The first kappa shape index (κ1) is 13.8. The summed E-state index contributed by atoms with van der Waals surface area (Å²) in [5.41, 5.74) is 6.93. The van der Waals surface area contributed by atoms with Crippen molar-refractivity contribution in [1.29, 1.82) is 0 Å². The Labute approximate surface area is 113 Å². The molecule has 1 fully saturated rings. The zero-order valence-electron chi connectivity index (χ0n) is 11.0. The molecule has 2 unspecified atom stereocenters. The second kappa shape index (κ2) is 6.50. The Hall–Kier alpha value is -1.65. The Balaban J connectivity index is 2.01. The summed E-state index contributed by atoms with van der Waals surface area (Å²) in [6, 6.07) is 9.46. The maximum absolute atomic E-state index is 12.2. The van der Waals surface area contributed by atoms with Crippen molar-refractivity contribution >= 4 is 5.91 Å². The zero-order valence-corrected chi connectivity index (χ0v) is 11.0. The van der Waals surface area contributed by atoms with Crippen LogP contribution in [0.15, 0.2) is 43.0 Å². The van der Waals surface area contributed by atoms with E-state index < -0.39 is 6.04 Å². The molecule has 1 aliphatic heterocycles. The summed E-state index contributed by atoms with van der Waals surface area (Å²) in [6.45, 7) is 5.33. The standard InChI is InChI=1S/C15H20N2O2/c1-2-6-13(16)15(18)17-9-10-19-14(11-17)12-7-4-3-5-8-12/h2-5,7-8,13-14H,1,6,9-11,16H2. The van der Waals surface area contributed by atoms with Crippen LogP contribution >= 0.6 is 0 Å². The van der Waals surface area contributed by atoms with Gasteiger partial charge in [0.15, 0.2) is 0 Å². The van der Waals surface area contributed by atoms with Gasteiger partial charge in [0.2, 0.25) is 5.91 Å². The van der Waals surface area contributed by atoms with Gasteiger partial charge in [0, 0.05) is 6.54 Å². The van der Waals surface area contributed by atoms with Crippen LogP contribution in [0.25, 0.3) is 0 Å². The van der Waals surface area contributed by atoms with E-state index in [0.717, 1.165) is 5.56 Å². The number of carbonyl (C=O) groups is 1. The molecule has 0 bridgehead atoms. The summed E-state index contributed by atoms with van der Waals surface area (Å²) in [5.74, 6) is -0.0240. The Morgan fingerprint density at radius 3 is 2.95 bits per heavy atom. The first-order valence-corrected chi connectivity index (χ1v) is 6.54. The van der Waals surface area contributed by atoms with Crippen LogP contribution in [-0.2, 0) is 9.53 Å². The Morgan fingerprint density at radius 1 is 1.53 bits per heavy atom. The van der Waals surface area contributed by atoms with Crippen molar-refractivity contribution in [2.45, 2.75) is 18.6 Å². The number of hydrogen-bond acceptors (Lipinski definition) is 3. The van der Waals surface area contributed by atoms with Crippen LogP contribution in [0.1, 0.15) is 18.1 Å². The molecular formula is C15H20N2O2. The first-order chi connectivity index (χ1) is 9.22. The van der Waals surface area contributed by atoms with Gasteiger partial charge in [0.05, 0.1) is 19.2 Å². The fourth-order valence-corrected chi connectivity index (χ4v) is 2.23. The van der Waals surface area contributed by atoms with E-state index in [4.69, 9.17) is 10.5 Å². The molecule has 0 aromatic heterocycles. The van der Waals surface area contributed by atoms with E-state index in [1.54, 1.807) is 11.0 Å². The fraction of sp³-hybridized carbons (Fsp3) is 0.400. The molecule has 1 amide bonds. The van der Waals surface area contributed by atoms with Crippen LogP contribution in [0.3, 0.4) is 0 Å². The summed E-state index contributed by atoms with van der Waals surface area (Å²) in [7, 11) is 0. The predicted octanol–water partition coefficient (Wildman–Crippen LogP) is 1.49. The summed E-state index contributed by atoms with van der Waals surface area (Å²) >= 11 is 0. The van der Waals surface area contributed by atoms with Crippen molar-refractivity contribution in [2.24, 2.45) is 5.73 Å². The number of ether oxygens (including phenoxy) is 1. The molecule has 2 atom stereocenters. The van der Waals surface area contributed by atoms with Crippen molar-refractivity contribution in [1.82, 2.24) is 4.90 Å². The van der Waals surface area contributed by atoms with Gasteiger partial charge in [-0.25, -0.2) is 0 Å². The van der Waals surface area contributed by atoms with E-state index in [1.807, 2.05) is 30.3 Å². The predicted molar refractivity (Wildman–Crippen MR) is 74.5 cm³/mol. The van der Waals surface area contributed by atoms with Crippen LogP contribution in [0.4, 0.5) is 0 Å². The quantitative estimate of drug-likeness (QED) is 0.834. The highest BCUT2D eigenvalue weighted by Crippen LogP contribution is 2.22. The van der Waals surface area contributed by atoms with Crippen molar-refractivity contribution in [2.75, 3.05) is 19.7 Å². The molecule has 0 spiro atoms. The third-order valence-corrected chi connectivity index (χ3v) is 3.29. The van der Waals surface area contributed by atoms with Crippen molar-refractivity contribution in [3.05, 3.63) is 48.6 Å². The minimum Gasteiger partial charge on any atom is -0.370 e. The number of hydrogen-bond donors (Lipinski definition) is 1. The smallest absolute Gasteiger partial charge is 0.239 e. The number of nitrogens with zero attached hydrogens (tertiary/aromatic N) is 1. The second-order valence-electron chi connectivity index (χ2n) is 4.69. The maximum atomic E-state index is 12.2. The van der Waals surface area contributed by atoms with Crippen LogP contribution in [-0.4, -0.2) is 36.5 Å². The maximum Gasteiger partial charge on any atom is 0.239 e. The number of carbonyl (C=O) groups excluding carboxylic acids is 1. The minimum absolute atomic E-state index is 0.0240. The topological polar surface area (TPSA) is 55.6 Å². The van der Waals surface area contributed by atoms with Crippen molar-refractivity contribution in [3.8, 4) is 0 Å². The third kappa shape index (κ3) is 3.43. The van der Waals surface area contributed by atoms with Crippen LogP contribution in [0, 0.1) is 0 Å². The molecule has 1 aliphatic rings. The van der Waals surface area contributed by atoms with Gasteiger partial charge in [-0.1, -0.05) is 36.4 Å². The lowest BCUT2D eigenvalue weighted by Crippen LogP contribution is -2.49. The van der Waals surface area contributed by atoms with Gasteiger partial charge in [-0.2, -0.15) is 0 Å². The number of rotatable bonds is 4. The van der Waals surface area contributed by atoms with Gasteiger partial charge in [-0.3, -0.25) is 4.79 Å². The molecule has 4 heteroatoms. The van der Waals surface area contributed by atoms with Gasteiger partial charge >= 0.3 is 0 Å². The fourth-order valence-electron chi connectivity index (χ4n) is 2.23. The zero-order chi connectivity index (χ0) is 13.7. The molecule has 1 heterocycles. The summed E-state index contributed by atoms with van der Waals surface area (Å²) in [6.07, 6.45) is 2.12. The van der Waals surface area contributed by atoms with E-state index in [1.165, 1.54) is 0 Å². The lowest BCUT2D eigenvalue weighted by Gasteiger charge is -2.34. The molecule has 102 valence electrons. The monoisotopic (exact) mass is 260 g/mol. The summed E-state index contributed by atoms with van der Waals surface area (Å²) in [5, 5.41) is 0. The lowest BCUT2D eigenvalue weighted by molar-refractivity contribution is -0.140. The normalized spacial score (nSPS) is 20.9. The molecule has 1 aromatic carbocycles. The molecule has 1 saturated heterocycles. The van der Waals surface area contributed by atoms with E-state index in [9.17, 15) is 4.79 Å². The van der Waals surface area contributed by atoms with Crippen LogP contribution in [0.5, 0.6) is 0 Å². The van der Waals surface area contributed by atoms with Gasteiger partial charge in [0.25, 0.3) is 0 Å². The molecule has 19 heavy (non-hydrogen) atoms. The average Bonchev–Trinajstić information content (AvgIpc) is 2.48. The average molecular weight is 260 g/mol. The molecular weight excluding hydrogens is 240 g/mol. The highest BCUT2D eigenvalue weighted by molar-refractivity contribution is 5.82. The number of morpholine rings is 1. The summed E-state index contributed by atoms with van der Waals surface area (Å²) < 4.78 is 5.73. The van der Waals surface area contributed by atoms with Gasteiger partial charge < -0.3 is 15.4 Å². The third-order valence-electron chi connectivity index (χ3n) is 3.29. The molecule has 2 rings (SSSR count). The highest BCUT2D eigenvalue weighted by Gasteiger charge is 2.27. The molecule has 4 nitrogen and oxygen atoms in total. The first-order valence-electron chi connectivity index (χ1n) is 6.54. The molecule has 0 radical (unpaired) electrons. The number of benzene rings is 1. The van der Waals surface area contributed by atoms with Crippen molar-refractivity contribution in [3.63, 3.8) is 0 Å². The number of amides is 1.